The standard InChI is InChI=1S/C11H16FN3O/c12-11-2-1-10(14-13)7-9(11)8-15-3-5-16-6-4-15/h1-2,7,14H,3-6,8,13H2. The number of anilines is 1. The zero-order valence-electron chi connectivity index (χ0n) is 9.08. The normalized spacial score (nSPS) is 17.4. The zero-order chi connectivity index (χ0) is 11.4. The van der Waals surface area contributed by atoms with Crippen LogP contribution in [0.2, 0.25) is 0 Å². The maximum Gasteiger partial charge on any atom is 0.127 e. The summed E-state index contributed by atoms with van der Waals surface area (Å²) in [5.41, 5.74) is 3.91. The van der Waals surface area contributed by atoms with Crippen molar-refractivity contribution in [3.05, 3.63) is 29.6 Å². The van der Waals surface area contributed by atoms with E-state index in [-0.39, 0.29) is 5.82 Å². The summed E-state index contributed by atoms with van der Waals surface area (Å²) in [6.07, 6.45) is 0. The number of nitrogens with two attached hydrogens (primary N) is 1. The van der Waals surface area contributed by atoms with Crippen molar-refractivity contribution in [3.8, 4) is 0 Å². The van der Waals surface area contributed by atoms with Crippen molar-refractivity contribution in [2.24, 2.45) is 5.84 Å². The summed E-state index contributed by atoms with van der Waals surface area (Å²) in [5, 5.41) is 0. The zero-order valence-corrected chi connectivity index (χ0v) is 9.08. The van der Waals surface area contributed by atoms with Gasteiger partial charge in [0.05, 0.1) is 13.2 Å². The fourth-order valence-electron chi connectivity index (χ4n) is 1.79. The van der Waals surface area contributed by atoms with Gasteiger partial charge in [-0.05, 0) is 18.2 Å². The highest BCUT2D eigenvalue weighted by atomic mass is 19.1. The van der Waals surface area contributed by atoms with Crippen molar-refractivity contribution in [3.63, 3.8) is 0 Å². The van der Waals surface area contributed by atoms with Crippen LogP contribution in [0.15, 0.2) is 18.2 Å². The van der Waals surface area contributed by atoms with Crippen molar-refractivity contribution in [1.82, 2.24) is 4.90 Å². The lowest BCUT2D eigenvalue weighted by Crippen LogP contribution is -2.35. The minimum Gasteiger partial charge on any atom is -0.379 e. The van der Waals surface area contributed by atoms with Crippen LogP contribution < -0.4 is 11.3 Å². The molecule has 1 saturated heterocycles. The number of morpholine rings is 1. The molecule has 0 saturated carbocycles. The van der Waals surface area contributed by atoms with Crippen molar-refractivity contribution in [2.45, 2.75) is 6.54 Å². The van der Waals surface area contributed by atoms with Crippen LogP contribution in [0.4, 0.5) is 10.1 Å². The molecule has 0 aliphatic carbocycles. The molecule has 5 heteroatoms. The van der Waals surface area contributed by atoms with Gasteiger partial charge in [-0.15, -0.1) is 0 Å². The monoisotopic (exact) mass is 225 g/mol. The Kier molecular flexibility index (Phi) is 3.71. The first kappa shape index (κ1) is 11.3. The molecule has 1 aromatic carbocycles. The molecule has 2 rings (SSSR count). The number of nitrogens with one attached hydrogen (secondary N) is 1. The number of hydrogen-bond donors (Lipinski definition) is 2. The molecule has 0 bridgehead atoms. The van der Waals surface area contributed by atoms with E-state index in [1.165, 1.54) is 6.07 Å². The fraction of sp³-hybridized carbons (Fsp3) is 0.455. The molecule has 16 heavy (non-hydrogen) atoms. The summed E-state index contributed by atoms with van der Waals surface area (Å²) in [7, 11) is 0. The second kappa shape index (κ2) is 5.25. The molecule has 88 valence electrons. The molecule has 0 spiro atoms. The van der Waals surface area contributed by atoms with Crippen LogP contribution in [0, 0.1) is 5.82 Å². The fourth-order valence-corrected chi connectivity index (χ4v) is 1.79. The second-order valence-corrected chi connectivity index (χ2v) is 3.84. The molecule has 1 aromatic rings. The Labute approximate surface area is 94.1 Å². The highest BCUT2D eigenvalue weighted by molar-refractivity contribution is 5.45. The summed E-state index contributed by atoms with van der Waals surface area (Å²) < 4.78 is 18.8. The number of nitrogen functional groups attached to an aromatic ring is 1. The number of hydrogen-bond acceptors (Lipinski definition) is 4. The Bertz CT molecular complexity index is 353. The van der Waals surface area contributed by atoms with Gasteiger partial charge in [0, 0.05) is 30.9 Å². The highest BCUT2D eigenvalue weighted by Crippen LogP contribution is 2.16. The molecule has 1 aliphatic heterocycles. The molecule has 0 amide bonds. The van der Waals surface area contributed by atoms with E-state index in [9.17, 15) is 4.39 Å². The Morgan fingerprint density at radius 1 is 1.38 bits per heavy atom. The molecule has 1 aliphatic rings. The molecule has 0 aromatic heterocycles. The van der Waals surface area contributed by atoms with Crippen LogP contribution in [0.25, 0.3) is 0 Å². The molecule has 0 atom stereocenters. The van der Waals surface area contributed by atoms with E-state index in [0.717, 1.165) is 32.0 Å². The first-order valence-electron chi connectivity index (χ1n) is 5.35. The van der Waals surface area contributed by atoms with Crippen molar-refractivity contribution in [2.75, 3.05) is 31.7 Å². The summed E-state index contributed by atoms with van der Waals surface area (Å²) in [5.74, 6) is 5.11. The third kappa shape index (κ3) is 2.69. The third-order valence-corrected chi connectivity index (χ3v) is 2.71. The van der Waals surface area contributed by atoms with Crippen molar-refractivity contribution in [1.29, 1.82) is 0 Å². The van der Waals surface area contributed by atoms with Gasteiger partial charge >= 0.3 is 0 Å². The first-order valence-corrected chi connectivity index (χ1v) is 5.35. The smallest absolute Gasteiger partial charge is 0.127 e. The van der Waals surface area contributed by atoms with Crippen LogP contribution in [0.5, 0.6) is 0 Å². The molecule has 0 radical (unpaired) electrons. The van der Waals surface area contributed by atoms with Crippen LogP contribution in [0.1, 0.15) is 5.56 Å². The Balaban J connectivity index is 2.06. The first-order chi connectivity index (χ1) is 7.79. The van der Waals surface area contributed by atoms with E-state index in [4.69, 9.17) is 10.6 Å². The Morgan fingerprint density at radius 3 is 2.81 bits per heavy atom. The lowest BCUT2D eigenvalue weighted by molar-refractivity contribution is 0.0337. The molecular formula is C11H16FN3O. The number of rotatable bonds is 3. The van der Waals surface area contributed by atoms with Gasteiger partial charge in [0.25, 0.3) is 0 Å². The van der Waals surface area contributed by atoms with E-state index in [2.05, 4.69) is 10.3 Å². The van der Waals surface area contributed by atoms with Crippen LogP contribution in [-0.2, 0) is 11.3 Å². The van der Waals surface area contributed by atoms with E-state index in [0.29, 0.717) is 12.1 Å². The predicted octanol–water partition coefficient (Wildman–Crippen LogP) is 0.944. The summed E-state index contributed by atoms with van der Waals surface area (Å²) >= 11 is 0. The highest BCUT2D eigenvalue weighted by Gasteiger charge is 2.13. The molecule has 3 N–H and O–H groups in total. The molecular weight excluding hydrogens is 209 g/mol. The van der Waals surface area contributed by atoms with E-state index >= 15 is 0 Å². The summed E-state index contributed by atoms with van der Waals surface area (Å²) in [6, 6.07) is 4.80. The van der Waals surface area contributed by atoms with Crippen LogP contribution in [0.3, 0.4) is 0 Å². The van der Waals surface area contributed by atoms with E-state index in [1.807, 2.05) is 0 Å². The van der Waals surface area contributed by atoms with Gasteiger partial charge in [-0.2, -0.15) is 0 Å². The maximum atomic E-state index is 13.5. The lowest BCUT2D eigenvalue weighted by atomic mass is 10.1. The van der Waals surface area contributed by atoms with Gasteiger partial charge in [0.2, 0.25) is 0 Å². The SMILES string of the molecule is NNc1ccc(F)c(CN2CCOCC2)c1. The number of hydrazine groups is 1. The van der Waals surface area contributed by atoms with E-state index in [1.54, 1.807) is 12.1 Å². The van der Waals surface area contributed by atoms with Gasteiger partial charge in [0.15, 0.2) is 0 Å². The van der Waals surface area contributed by atoms with E-state index < -0.39 is 0 Å². The Hall–Kier alpha value is -1.17. The van der Waals surface area contributed by atoms with Crippen LogP contribution >= 0.6 is 0 Å². The minimum atomic E-state index is -0.189. The van der Waals surface area contributed by atoms with Gasteiger partial charge in [-0.3, -0.25) is 10.7 Å². The maximum absolute atomic E-state index is 13.5. The molecule has 0 unspecified atom stereocenters. The number of halogens is 1. The topological polar surface area (TPSA) is 50.5 Å². The quantitative estimate of drug-likeness (QED) is 0.594. The van der Waals surface area contributed by atoms with Gasteiger partial charge < -0.3 is 10.2 Å². The average Bonchev–Trinajstić information content (AvgIpc) is 2.33. The molecule has 1 fully saturated rings. The van der Waals surface area contributed by atoms with Gasteiger partial charge in [-0.1, -0.05) is 0 Å². The lowest BCUT2D eigenvalue weighted by Gasteiger charge is -2.26. The van der Waals surface area contributed by atoms with Crippen LogP contribution in [-0.4, -0.2) is 31.2 Å². The largest absolute Gasteiger partial charge is 0.379 e. The molecule has 4 nitrogen and oxygen atoms in total. The number of ether oxygens (including phenoxy) is 1. The van der Waals surface area contributed by atoms with Crippen molar-refractivity contribution >= 4 is 5.69 Å². The number of benzene rings is 1. The third-order valence-electron chi connectivity index (χ3n) is 2.71. The van der Waals surface area contributed by atoms with Gasteiger partial charge in [0.1, 0.15) is 5.82 Å². The summed E-state index contributed by atoms with van der Waals surface area (Å²) in [4.78, 5) is 2.17. The van der Waals surface area contributed by atoms with Gasteiger partial charge in [-0.25, -0.2) is 4.39 Å². The average molecular weight is 225 g/mol. The van der Waals surface area contributed by atoms with Crippen molar-refractivity contribution < 1.29 is 9.13 Å². The predicted molar refractivity (Wildman–Crippen MR) is 60.3 cm³/mol. The summed E-state index contributed by atoms with van der Waals surface area (Å²) in [6.45, 7) is 3.73. The Morgan fingerprint density at radius 2 is 2.12 bits per heavy atom. The second-order valence-electron chi connectivity index (χ2n) is 3.84. The minimum absolute atomic E-state index is 0.189. The number of nitrogens with zero attached hydrogens (tertiary/aromatic N) is 1. The molecule has 1 heterocycles.